The molecular formula is C21H19N5O2. The number of aromatic carboxylic acids is 1. The Bertz CT molecular complexity index is 1110. The fourth-order valence-electron chi connectivity index (χ4n) is 3.65. The molecule has 4 rings (SSSR count). The number of nitrogens with two attached hydrogens (primary N) is 1. The molecule has 0 aliphatic heterocycles. The van der Waals surface area contributed by atoms with Crippen LogP contribution < -0.4 is 5.73 Å². The predicted molar refractivity (Wildman–Crippen MR) is 105 cm³/mol. The van der Waals surface area contributed by atoms with Crippen molar-refractivity contribution in [3.63, 3.8) is 0 Å². The average molecular weight is 373 g/mol. The molecule has 0 radical (unpaired) electrons. The van der Waals surface area contributed by atoms with Crippen LogP contribution >= 0.6 is 0 Å². The highest BCUT2D eigenvalue weighted by Gasteiger charge is 2.28. The van der Waals surface area contributed by atoms with Crippen molar-refractivity contribution in [3.05, 3.63) is 64.8 Å². The van der Waals surface area contributed by atoms with Crippen molar-refractivity contribution >= 4 is 11.7 Å². The highest BCUT2D eigenvalue weighted by molar-refractivity contribution is 5.91. The number of benzene rings is 1. The summed E-state index contributed by atoms with van der Waals surface area (Å²) in [5.74, 6) is -0.965. The Morgan fingerprint density at radius 2 is 2.18 bits per heavy atom. The van der Waals surface area contributed by atoms with Crippen LogP contribution in [0.5, 0.6) is 0 Å². The second kappa shape index (κ2) is 7.25. The zero-order chi connectivity index (χ0) is 19.7. The molecule has 0 spiro atoms. The molecule has 0 unspecified atom stereocenters. The Labute approximate surface area is 162 Å². The molecule has 1 aliphatic rings. The first-order valence-corrected chi connectivity index (χ1v) is 9.12. The molecular weight excluding hydrogens is 354 g/mol. The summed E-state index contributed by atoms with van der Waals surface area (Å²) in [6, 6.07) is 9.25. The van der Waals surface area contributed by atoms with E-state index in [0.717, 1.165) is 34.4 Å². The van der Waals surface area contributed by atoms with E-state index in [1.807, 2.05) is 24.4 Å². The van der Waals surface area contributed by atoms with Crippen molar-refractivity contribution in [2.45, 2.75) is 25.8 Å². The van der Waals surface area contributed by atoms with Gasteiger partial charge in [-0.15, -0.1) is 0 Å². The Morgan fingerprint density at radius 1 is 1.32 bits per heavy atom. The maximum Gasteiger partial charge on any atom is 0.354 e. The molecule has 0 bridgehead atoms. The molecule has 1 aromatic carbocycles. The topological polar surface area (TPSA) is 98.4 Å². The normalized spacial score (nSPS) is 12.1. The van der Waals surface area contributed by atoms with E-state index < -0.39 is 5.97 Å². The van der Waals surface area contributed by atoms with Gasteiger partial charge in [-0.25, -0.2) is 9.64 Å². The standard InChI is InChI=1S/C21H19N5O2/c1-23-15-5-2-4-13(10-15)18-11-17-14(12-24-18)6-7-16-19(17)25-26(9-3-8-22)20(16)21(27)28/h2,4-5,10-12H,3,6-9,22H2,(H,27,28). The monoisotopic (exact) mass is 373 g/mol. The van der Waals surface area contributed by atoms with Crippen molar-refractivity contribution in [3.8, 4) is 22.5 Å². The lowest BCUT2D eigenvalue weighted by molar-refractivity contribution is 0.0681. The number of fused-ring (bicyclic) bond motifs is 3. The molecule has 140 valence electrons. The van der Waals surface area contributed by atoms with Gasteiger partial charge in [-0.05, 0) is 49.1 Å². The Morgan fingerprint density at radius 3 is 2.93 bits per heavy atom. The minimum absolute atomic E-state index is 0.252. The first-order valence-electron chi connectivity index (χ1n) is 9.12. The lowest BCUT2D eigenvalue weighted by Crippen LogP contribution is -2.14. The van der Waals surface area contributed by atoms with E-state index in [0.29, 0.717) is 37.3 Å². The SMILES string of the molecule is [C-]#[N+]c1cccc(-c2cc3c(cn2)CCc2c-3nn(CCCN)c2C(=O)O)c1. The predicted octanol–water partition coefficient (Wildman–Crippen LogP) is 3.31. The van der Waals surface area contributed by atoms with Crippen LogP contribution in [0.3, 0.4) is 0 Å². The van der Waals surface area contributed by atoms with Crippen molar-refractivity contribution in [1.29, 1.82) is 0 Å². The molecule has 0 fully saturated rings. The van der Waals surface area contributed by atoms with Crippen LogP contribution in [0.1, 0.15) is 28.0 Å². The Balaban J connectivity index is 1.84. The molecule has 0 saturated carbocycles. The lowest BCUT2D eigenvalue weighted by Gasteiger charge is -2.16. The maximum absolute atomic E-state index is 11.9. The molecule has 3 N–H and O–H groups in total. The molecule has 2 aromatic heterocycles. The fourth-order valence-corrected chi connectivity index (χ4v) is 3.65. The largest absolute Gasteiger partial charge is 0.477 e. The number of rotatable bonds is 5. The third-order valence-corrected chi connectivity index (χ3v) is 4.98. The van der Waals surface area contributed by atoms with E-state index in [9.17, 15) is 9.90 Å². The van der Waals surface area contributed by atoms with Crippen molar-refractivity contribution in [1.82, 2.24) is 14.8 Å². The summed E-state index contributed by atoms with van der Waals surface area (Å²) in [6.07, 6.45) is 3.84. The van der Waals surface area contributed by atoms with Gasteiger partial charge < -0.3 is 10.8 Å². The van der Waals surface area contributed by atoms with Crippen LogP contribution in [0.25, 0.3) is 27.4 Å². The summed E-state index contributed by atoms with van der Waals surface area (Å²) in [5.41, 5.74) is 11.4. The maximum atomic E-state index is 11.9. The molecule has 2 heterocycles. The number of hydrogen-bond acceptors (Lipinski definition) is 4. The molecule has 3 aromatic rings. The second-order valence-electron chi connectivity index (χ2n) is 6.74. The third-order valence-electron chi connectivity index (χ3n) is 4.98. The first kappa shape index (κ1) is 17.9. The number of nitrogens with zero attached hydrogens (tertiary/aromatic N) is 4. The van der Waals surface area contributed by atoms with Gasteiger partial charge in [-0.2, -0.15) is 5.10 Å². The summed E-state index contributed by atoms with van der Waals surface area (Å²) in [6.45, 7) is 8.16. The second-order valence-corrected chi connectivity index (χ2v) is 6.74. The molecule has 0 amide bonds. The van der Waals surface area contributed by atoms with Gasteiger partial charge in [0.25, 0.3) is 0 Å². The summed E-state index contributed by atoms with van der Waals surface area (Å²) in [5, 5.41) is 14.3. The third kappa shape index (κ3) is 3.04. The van der Waals surface area contributed by atoms with Crippen LogP contribution in [0.4, 0.5) is 5.69 Å². The number of pyridine rings is 1. The smallest absolute Gasteiger partial charge is 0.354 e. The Hall–Kier alpha value is -3.50. The Kier molecular flexibility index (Phi) is 4.63. The molecule has 7 heteroatoms. The molecule has 28 heavy (non-hydrogen) atoms. The highest BCUT2D eigenvalue weighted by Crippen LogP contribution is 2.36. The van der Waals surface area contributed by atoms with E-state index in [1.165, 1.54) is 0 Å². The van der Waals surface area contributed by atoms with Crippen LogP contribution in [0.15, 0.2) is 36.5 Å². The average Bonchev–Trinajstić information content (AvgIpc) is 3.11. The van der Waals surface area contributed by atoms with E-state index in [1.54, 1.807) is 16.8 Å². The minimum atomic E-state index is -0.965. The summed E-state index contributed by atoms with van der Waals surface area (Å²) in [4.78, 5) is 19.9. The van der Waals surface area contributed by atoms with Gasteiger partial charge in [0.15, 0.2) is 5.69 Å². The van der Waals surface area contributed by atoms with Crippen molar-refractivity contribution in [2.75, 3.05) is 6.54 Å². The number of carboxylic acids is 1. The van der Waals surface area contributed by atoms with Crippen LogP contribution in [-0.2, 0) is 19.4 Å². The van der Waals surface area contributed by atoms with Gasteiger partial charge in [-0.1, -0.05) is 18.2 Å². The quantitative estimate of drug-likeness (QED) is 0.669. The van der Waals surface area contributed by atoms with E-state index in [-0.39, 0.29) is 5.69 Å². The summed E-state index contributed by atoms with van der Waals surface area (Å²) in [7, 11) is 0. The van der Waals surface area contributed by atoms with Crippen LogP contribution in [-0.4, -0.2) is 32.4 Å². The highest BCUT2D eigenvalue weighted by atomic mass is 16.4. The van der Waals surface area contributed by atoms with Gasteiger partial charge in [0, 0.05) is 23.9 Å². The molecule has 1 aliphatic carbocycles. The number of carbonyl (C=O) groups is 1. The number of hydrogen-bond donors (Lipinski definition) is 2. The summed E-state index contributed by atoms with van der Waals surface area (Å²) >= 11 is 0. The number of carboxylic acid groups (broad SMARTS) is 1. The van der Waals surface area contributed by atoms with Crippen molar-refractivity contribution in [2.24, 2.45) is 5.73 Å². The molecule has 7 nitrogen and oxygen atoms in total. The minimum Gasteiger partial charge on any atom is -0.477 e. The zero-order valence-corrected chi connectivity index (χ0v) is 15.2. The van der Waals surface area contributed by atoms with Gasteiger partial charge >= 0.3 is 5.97 Å². The van der Waals surface area contributed by atoms with Crippen LogP contribution in [0, 0.1) is 6.57 Å². The fraction of sp³-hybridized carbons (Fsp3) is 0.238. The zero-order valence-electron chi connectivity index (χ0n) is 15.2. The summed E-state index contributed by atoms with van der Waals surface area (Å²) < 4.78 is 1.56. The van der Waals surface area contributed by atoms with E-state index >= 15 is 0 Å². The molecule has 0 atom stereocenters. The van der Waals surface area contributed by atoms with E-state index in [2.05, 4.69) is 14.9 Å². The number of aryl methyl sites for hydroxylation is 2. The van der Waals surface area contributed by atoms with Gasteiger partial charge in [-0.3, -0.25) is 9.67 Å². The van der Waals surface area contributed by atoms with Gasteiger partial charge in [0.2, 0.25) is 0 Å². The molecule has 0 saturated heterocycles. The lowest BCUT2D eigenvalue weighted by atomic mass is 9.89. The van der Waals surface area contributed by atoms with Gasteiger partial charge in [0.05, 0.1) is 18.0 Å². The van der Waals surface area contributed by atoms with Crippen molar-refractivity contribution < 1.29 is 9.90 Å². The number of aromatic nitrogens is 3. The van der Waals surface area contributed by atoms with Gasteiger partial charge in [0.1, 0.15) is 5.69 Å². The van der Waals surface area contributed by atoms with Crippen LogP contribution in [0.2, 0.25) is 0 Å². The first-order chi connectivity index (χ1) is 13.6. The van der Waals surface area contributed by atoms with E-state index in [4.69, 9.17) is 12.3 Å².